The van der Waals surface area contributed by atoms with Crippen molar-refractivity contribution in [1.29, 1.82) is 0 Å². The predicted octanol–water partition coefficient (Wildman–Crippen LogP) is 23.3. The second-order valence-electron chi connectivity index (χ2n) is 39.3. The van der Waals surface area contributed by atoms with Crippen LogP contribution in [0.2, 0.25) is 0 Å². The molecular formula is C83H169N5O. The maximum absolute atomic E-state index is 5.31. The lowest BCUT2D eigenvalue weighted by molar-refractivity contribution is -0.0316. The highest BCUT2D eigenvalue weighted by molar-refractivity contribution is 5.02. The first-order chi connectivity index (χ1) is 41.1. The summed E-state index contributed by atoms with van der Waals surface area (Å²) < 4.78 is 5.31. The van der Waals surface area contributed by atoms with E-state index in [0.29, 0.717) is 43.3 Å². The van der Waals surface area contributed by atoms with Crippen molar-refractivity contribution in [3.05, 3.63) is 0 Å². The van der Waals surface area contributed by atoms with Gasteiger partial charge in [0.2, 0.25) is 0 Å². The zero-order chi connectivity index (χ0) is 67.4. The van der Waals surface area contributed by atoms with Crippen LogP contribution >= 0.6 is 0 Å². The molecule has 0 radical (unpaired) electrons. The van der Waals surface area contributed by atoms with Crippen molar-refractivity contribution in [2.75, 3.05) is 112 Å². The fourth-order valence-electron chi connectivity index (χ4n) is 16.2. The first kappa shape index (κ1) is 84.8. The summed E-state index contributed by atoms with van der Waals surface area (Å²) in [5.74, 6) is 3.16. The summed E-state index contributed by atoms with van der Waals surface area (Å²) in [6.07, 6.45) is 39.9. The molecule has 0 aromatic carbocycles. The number of likely N-dealkylation sites (tertiary alicyclic amines) is 3. The van der Waals surface area contributed by atoms with Gasteiger partial charge in [0, 0.05) is 13.1 Å². The van der Waals surface area contributed by atoms with E-state index in [0.717, 1.165) is 54.9 Å². The quantitative estimate of drug-likeness (QED) is 0.143. The number of hydrogen-bond donors (Lipinski definition) is 0. The summed E-state index contributed by atoms with van der Waals surface area (Å²) in [5, 5.41) is 0. The number of hydrogen-bond acceptors (Lipinski definition) is 6. The summed E-state index contributed by atoms with van der Waals surface area (Å²) in [6, 6.07) is 0. The van der Waals surface area contributed by atoms with Gasteiger partial charge in [0.05, 0.1) is 13.2 Å². The van der Waals surface area contributed by atoms with Crippen molar-refractivity contribution in [1.82, 2.24) is 24.5 Å². The molecule has 0 aromatic heterocycles. The molecule has 4 saturated heterocycles. The highest BCUT2D eigenvalue weighted by atomic mass is 16.5. The molecule has 9 aliphatic rings. The smallest absolute Gasteiger partial charge is 0.0594 e. The second-order valence-corrected chi connectivity index (χ2v) is 39.3. The van der Waals surface area contributed by atoms with E-state index in [1.165, 1.54) is 258 Å². The van der Waals surface area contributed by atoms with E-state index in [1.54, 1.807) is 0 Å². The lowest BCUT2D eigenvalue weighted by atomic mass is 9.51. The van der Waals surface area contributed by atoms with Crippen LogP contribution in [-0.2, 0) is 4.74 Å². The van der Waals surface area contributed by atoms with Crippen LogP contribution in [0.15, 0.2) is 0 Å². The van der Waals surface area contributed by atoms with Gasteiger partial charge in [-0.1, -0.05) is 192 Å². The van der Waals surface area contributed by atoms with Crippen LogP contribution in [0.5, 0.6) is 0 Å². The van der Waals surface area contributed by atoms with Crippen molar-refractivity contribution in [2.24, 2.45) is 71.9 Å². The first-order valence-electron chi connectivity index (χ1n) is 39.3. The molecule has 4 heterocycles. The van der Waals surface area contributed by atoms with Gasteiger partial charge in [-0.05, 0) is 318 Å². The Morgan fingerprint density at radius 3 is 1.18 bits per heavy atom. The van der Waals surface area contributed by atoms with Crippen LogP contribution in [-0.4, -0.2) is 136 Å². The lowest BCUT2D eigenvalue weighted by Gasteiger charge is -2.54. The van der Waals surface area contributed by atoms with Crippen LogP contribution in [0, 0.1) is 71.9 Å². The molecular weight excluding hydrogens is 1080 g/mol. The third-order valence-electron chi connectivity index (χ3n) is 24.4. The molecule has 89 heavy (non-hydrogen) atoms. The molecule has 6 nitrogen and oxygen atoms in total. The van der Waals surface area contributed by atoms with Gasteiger partial charge in [-0.3, -0.25) is 4.90 Å². The van der Waals surface area contributed by atoms with E-state index in [1.807, 2.05) is 0 Å². The van der Waals surface area contributed by atoms with Crippen LogP contribution in [0.3, 0.4) is 0 Å². The predicted molar refractivity (Wildman–Crippen MR) is 400 cm³/mol. The summed E-state index contributed by atoms with van der Waals surface area (Å²) >= 11 is 0. The van der Waals surface area contributed by atoms with Crippen molar-refractivity contribution in [3.63, 3.8) is 0 Å². The van der Waals surface area contributed by atoms with E-state index in [2.05, 4.69) is 205 Å². The minimum atomic E-state index is 0.464. The summed E-state index contributed by atoms with van der Waals surface area (Å²) in [5.41, 5.74) is 5.66. The van der Waals surface area contributed by atoms with E-state index in [4.69, 9.17) is 4.74 Å². The molecule has 0 N–H and O–H groups in total. The second kappa shape index (κ2) is 39.8. The molecule has 0 amide bonds. The average molecular weight is 1250 g/mol. The number of fused-ring (bicyclic) bond motifs is 5. The molecule has 6 heteroatoms. The fourth-order valence-corrected chi connectivity index (χ4v) is 16.2. The summed E-state index contributed by atoms with van der Waals surface area (Å²) in [7, 11) is 2.24. The van der Waals surface area contributed by atoms with Crippen LogP contribution in [0.25, 0.3) is 0 Å². The Labute approximate surface area is 563 Å². The van der Waals surface area contributed by atoms with E-state index >= 15 is 0 Å². The molecule has 0 unspecified atom stereocenters. The third kappa shape index (κ3) is 34.5. The number of ether oxygens (including phenoxy) is 1. The molecule has 5 aliphatic carbocycles. The van der Waals surface area contributed by atoms with Gasteiger partial charge < -0.3 is 24.3 Å². The Kier molecular flexibility index (Phi) is 38.0. The van der Waals surface area contributed by atoms with E-state index in [9.17, 15) is 0 Å². The van der Waals surface area contributed by atoms with Crippen LogP contribution in [0.4, 0.5) is 0 Å². The van der Waals surface area contributed by atoms with Crippen molar-refractivity contribution in [3.8, 4) is 0 Å². The zero-order valence-electron chi connectivity index (χ0n) is 66.5. The number of piperidine rings is 3. The van der Waals surface area contributed by atoms with Gasteiger partial charge in [0.1, 0.15) is 0 Å². The highest BCUT2D eigenvalue weighted by Gasteiger charge is 2.51. The standard InChI is InChI=1S/C13H27N.C13H29N.C12H25N.C12H22.C11H23NO.C11H23N.C11H20/c1-6-9-14-10-7-13(5,8-11-14)12(2,3)4;1-6-7-11-14(5)12-9-8-10-13(2,3)4;1-5-8-13-9-6-11(7-10-13)12(2,3)4;1-11(2,3)12-7-4-10(5-8-12)6-9-12;1-11(2,3)5-4-6-12-7-9-13-10-8-12;1-11(2,3)7-10-12-8-5-4-6-9-12;1-10(2,3)11-6-4-9(8-11)5-7-11/h6-11H2,1-5H3;6-12H2,1-5H3;11H,5-10H2,1-4H3;10H,4-9H2,1-3H3;4-10H2,1-3H3;4-10H2,1-3H3;9H,4-8H2,1-3H3. The SMILES string of the molecule is CC(C)(C)C12CCC(CC1)C2.CC(C)(C)C12CCC(CC1)CC2.CC(C)(C)CCCN1CCOCC1.CC(C)(C)CCN1CCCCC1.CCCCN(C)CCCCC(C)(C)C.CCCN1CCC(C(C)(C)C)CC1.CCCN1CCC(C)(C(C)(C)C)CC1. The normalized spacial score (nSPS) is 25.8. The highest BCUT2D eigenvalue weighted by Crippen LogP contribution is 2.62. The molecule has 9 fully saturated rings. The topological polar surface area (TPSA) is 25.4 Å². The summed E-state index contributed by atoms with van der Waals surface area (Å²) in [6.45, 7) is 78.9. The van der Waals surface area contributed by atoms with E-state index in [-0.39, 0.29) is 0 Å². The minimum Gasteiger partial charge on any atom is -0.379 e. The zero-order valence-corrected chi connectivity index (χ0v) is 66.5. The maximum atomic E-state index is 5.31. The Morgan fingerprint density at radius 2 is 0.798 bits per heavy atom. The van der Waals surface area contributed by atoms with Crippen LogP contribution < -0.4 is 0 Å². The molecule has 4 bridgehead atoms. The monoisotopic (exact) mass is 1250 g/mol. The van der Waals surface area contributed by atoms with Gasteiger partial charge in [-0.15, -0.1) is 0 Å². The molecule has 4 aliphatic heterocycles. The van der Waals surface area contributed by atoms with Gasteiger partial charge >= 0.3 is 0 Å². The molecule has 0 atom stereocenters. The Hall–Kier alpha value is -0.240. The van der Waals surface area contributed by atoms with Crippen molar-refractivity contribution < 1.29 is 4.74 Å². The van der Waals surface area contributed by atoms with Gasteiger partial charge in [0.15, 0.2) is 0 Å². The number of nitrogens with zero attached hydrogens (tertiary/aromatic N) is 5. The summed E-state index contributed by atoms with van der Waals surface area (Å²) in [4.78, 5) is 12.8. The van der Waals surface area contributed by atoms with Gasteiger partial charge in [-0.2, -0.15) is 0 Å². The fraction of sp³-hybridized carbons (Fsp3) is 1.00. The molecule has 532 valence electrons. The Bertz CT molecular complexity index is 1710. The molecule has 0 aromatic rings. The number of unbranched alkanes of at least 4 members (excludes halogenated alkanes) is 2. The largest absolute Gasteiger partial charge is 0.379 e. The van der Waals surface area contributed by atoms with Gasteiger partial charge in [0.25, 0.3) is 0 Å². The molecule has 0 spiro atoms. The van der Waals surface area contributed by atoms with Crippen molar-refractivity contribution >= 4 is 0 Å². The van der Waals surface area contributed by atoms with Crippen molar-refractivity contribution in [2.45, 2.75) is 353 Å². The number of rotatable bonds is 16. The number of morpholine rings is 1. The molecule has 5 saturated carbocycles. The van der Waals surface area contributed by atoms with Gasteiger partial charge in [-0.25, -0.2) is 0 Å². The Balaban J connectivity index is 0.000000354. The van der Waals surface area contributed by atoms with Crippen LogP contribution in [0.1, 0.15) is 353 Å². The maximum Gasteiger partial charge on any atom is 0.0594 e. The average Bonchev–Trinajstić information content (AvgIpc) is 1.87. The Morgan fingerprint density at radius 1 is 0.382 bits per heavy atom. The lowest BCUT2D eigenvalue weighted by Crippen LogP contribution is -2.44. The van der Waals surface area contributed by atoms with E-state index < -0.39 is 0 Å². The molecule has 9 rings (SSSR count). The first-order valence-corrected chi connectivity index (χ1v) is 39.3. The third-order valence-corrected chi connectivity index (χ3v) is 24.4. The minimum absolute atomic E-state index is 0.464.